The van der Waals surface area contributed by atoms with Crippen LogP contribution in [0.4, 0.5) is 4.39 Å². The minimum absolute atomic E-state index is 0.0150. The molecule has 132 valence electrons. The summed E-state index contributed by atoms with van der Waals surface area (Å²) in [5, 5.41) is 0. The Morgan fingerprint density at radius 2 is 2.00 bits per heavy atom. The standard InChI is InChI=1S/C16H22FN3O3S/c1-3-7-18-24(22,23)15-12-13(5-6-14(15)17)16(21)20-10-8-19(4-2)9-11-20/h3,5-6,12,18H,1,4,7-11H2,2H3. The summed E-state index contributed by atoms with van der Waals surface area (Å²) in [5.74, 6) is -1.18. The van der Waals surface area contributed by atoms with Gasteiger partial charge in [0.05, 0.1) is 0 Å². The Hall–Kier alpha value is -1.77. The predicted octanol–water partition coefficient (Wildman–Crippen LogP) is 1.07. The molecule has 0 spiro atoms. The van der Waals surface area contributed by atoms with Gasteiger partial charge in [-0.2, -0.15) is 0 Å². The van der Waals surface area contributed by atoms with Gasteiger partial charge in [-0.3, -0.25) is 4.79 Å². The van der Waals surface area contributed by atoms with Crippen LogP contribution in [0.1, 0.15) is 17.3 Å². The van der Waals surface area contributed by atoms with Gasteiger partial charge in [0.15, 0.2) is 0 Å². The summed E-state index contributed by atoms with van der Waals surface area (Å²) in [7, 11) is -4.03. The second-order valence-electron chi connectivity index (χ2n) is 5.51. The van der Waals surface area contributed by atoms with Crippen LogP contribution in [0.3, 0.4) is 0 Å². The molecule has 24 heavy (non-hydrogen) atoms. The number of amides is 1. The highest BCUT2D eigenvalue weighted by atomic mass is 32.2. The third-order valence-electron chi connectivity index (χ3n) is 3.99. The number of halogens is 1. The number of piperazine rings is 1. The van der Waals surface area contributed by atoms with Crippen molar-refractivity contribution >= 4 is 15.9 Å². The van der Waals surface area contributed by atoms with Crippen LogP contribution < -0.4 is 4.72 Å². The molecule has 2 rings (SSSR count). The Morgan fingerprint density at radius 1 is 1.33 bits per heavy atom. The van der Waals surface area contributed by atoms with Gasteiger partial charge in [-0.1, -0.05) is 13.0 Å². The number of hydrogen-bond acceptors (Lipinski definition) is 4. The molecule has 0 saturated carbocycles. The van der Waals surface area contributed by atoms with Gasteiger partial charge in [-0.15, -0.1) is 6.58 Å². The van der Waals surface area contributed by atoms with Crippen LogP contribution in [0.25, 0.3) is 0 Å². The molecule has 1 aromatic rings. The lowest BCUT2D eigenvalue weighted by molar-refractivity contribution is 0.0643. The fourth-order valence-electron chi connectivity index (χ4n) is 2.54. The normalized spacial score (nSPS) is 16.2. The van der Waals surface area contributed by atoms with E-state index in [1.165, 1.54) is 12.1 Å². The van der Waals surface area contributed by atoms with Crippen molar-refractivity contribution in [2.24, 2.45) is 0 Å². The van der Waals surface area contributed by atoms with E-state index in [4.69, 9.17) is 0 Å². The molecule has 0 aromatic heterocycles. The van der Waals surface area contributed by atoms with Gasteiger partial charge in [0.25, 0.3) is 5.91 Å². The molecule has 0 aliphatic carbocycles. The summed E-state index contributed by atoms with van der Waals surface area (Å²) < 4.78 is 40.4. The van der Waals surface area contributed by atoms with Crippen molar-refractivity contribution in [3.8, 4) is 0 Å². The van der Waals surface area contributed by atoms with Crippen molar-refractivity contribution in [1.29, 1.82) is 0 Å². The topological polar surface area (TPSA) is 69.7 Å². The maximum absolute atomic E-state index is 13.9. The Labute approximate surface area is 142 Å². The van der Waals surface area contributed by atoms with E-state index in [9.17, 15) is 17.6 Å². The second-order valence-corrected chi connectivity index (χ2v) is 7.25. The van der Waals surface area contributed by atoms with Gasteiger partial charge in [-0.05, 0) is 24.7 Å². The predicted molar refractivity (Wildman–Crippen MR) is 89.8 cm³/mol. The average Bonchev–Trinajstić information content (AvgIpc) is 2.59. The van der Waals surface area contributed by atoms with Crippen LogP contribution >= 0.6 is 0 Å². The van der Waals surface area contributed by atoms with Gasteiger partial charge in [-0.25, -0.2) is 17.5 Å². The van der Waals surface area contributed by atoms with Crippen molar-refractivity contribution in [1.82, 2.24) is 14.5 Å². The number of nitrogens with one attached hydrogen (secondary N) is 1. The zero-order valence-electron chi connectivity index (χ0n) is 13.7. The summed E-state index contributed by atoms with van der Waals surface area (Å²) in [6, 6.07) is 3.42. The zero-order chi connectivity index (χ0) is 17.7. The van der Waals surface area contributed by atoms with Gasteiger partial charge < -0.3 is 9.80 Å². The smallest absolute Gasteiger partial charge is 0.253 e. The number of carbonyl (C=O) groups excluding carboxylic acids is 1. The van der Waals surface area contributed by atoms with Gasteiger partial charge in [0, 0.05) is 38.3 Å². The van der Waals surface area contributed by atoms with E-state index in [0.717, 1.165) is 31.8 Å². The Balaban J connectivity index is 2.21. The molecule has 1 aliphatic rings. The highest BCUT2D eigenvalue weighted by Crippen LogP contribution is 2.18. The molecule has 0 bridgehead atoms. The van der Waals surface area contributed by atoms with Gasteiger partial charge >= 0.3 is 0 Å². The van der Waals surface area contributed by atoms with Crippen LogP contribution in [0.15, 0.2) is 35.7 Å². The Kier molecular flexibility index (Phi) is 6.09. The summed E-state index contributed by atoms with van der Waals surface area (Å²) >= 11 is 0. The fraction of sp³-hybridized carbons (Fsp3) is 0.438. The minimum Gasteiger partial charge on any atom is -0.336 e. The summed E-state index contributed by atoms with van der Waals surface area (Å²) in [6.45, 7) is 9.07. The molecule has 0 atom stereocenters. The largest absolute Gasteiger partial charge is 0.336 e. The van der Waals surface area contributed by atoms with Crippen molar-refractivity contribution in [2.75, 3.05) is 39.3 Å². The molecule has 1 amide bonds. The molecule has 1 aliphatic heterocycles. The van der Waals surface area contributed by atoms with E-state index in [1.54, 1.807) is 4.90 Å². The maximum Gasteiger partial charge on any atom is 0.253 e. The lowest BCUT2D eigenvalue weighted by Crippen LogP contribution is -2.48. The van der Waals surface area contributed by atoms with Crippen LogP contribution in [0.5, 0.6) is 0 Å². The van der Waals surface area contributed by atoms with Crippen molar-refractivity contribution in [2.45, 2.75) is 11.8 Å². The molecular weight excluding hydrogens is 333 g/mol. The minimum atomic E-state index is -4.03. The molecule has 1 fully saturated rings. The first-order valence-electron chi connectivity index (χ1n) is 7.80. The van der Waals surface area contributed by atoms with Crippen LogP contribution in [0, 0.1) is 5.82 Å². The van der Waals surface area contributed by atoms with E-state index in [2.05, 4.69) is 23.1 Å². The molecule has 1 heterocycles. The number of benzene rings is 1. The quantitative estimate of drug-likeness (QED) is 0.775. The lowest BCUT2D eigenvalue weighted by atomic mass is 10.1. The second kappa shape index (κ2) is 7.87. The third kappa shape index (κ3) is 4.19. The van der Waals surface area contributed by atoms with E-state index >= 15 is 0 Å². The number of sulfonamides is 1. The molecule has 1 aromatic carbocycles. The SMILES string of the molecule is C=CCNS(=O)(=O)c1cc(C(=O)N2CCN(CC)CC2)ccc1F. The molecule has 0 unspecified atom stereocenters. The third-order valence-corrected chi connectivity index (χ3v) is 5.43. The summed E-state index contributed by atoms with van der Waals surface area (Å²) in [4.78, 5) is 15.9. The Bertz CT molecular complexity index is 713. The molecular formula is C16H22FN3O3S. The number of carbonyl (C=O) groups is 1. The highest BCUT2D eigenvalue weighted by molar-refractivity contribution is 7.89. The van der Waals surface area contributed by atoms with Crippen LogP contribution in [0.2, 0.25) is 0 Å². The zero-order valence-corrected chi connectivity index (χ0v) is 14.5. The van der Waals surface area contributed by atoms with E-state index < -0.39 is 20.7 Å². The fourth-order valence-corrected chi connectivity index (χ4v) is 3.64. The number of nitrogens with zero attached hydrogens (tertiary/aromatic N) is 2. The number of rotatable bonds is 6. The van der Waals surface area contributed by atoms with Crippen molar-refractivity contribution < 1.29 is 17.6 Å². The molecule has 1 saturated heterocycles. The van der Waals surface area contributed by atoms with E-state index in [-0.39, 0.29) is 18.0 Å². The first-order chi connectivity index (χ1) is 11.4. The van der Waals surface area contributed by atoms with Crippen molar-refractivity contribution in [3.63, 3.8) is 0 Å². The summed E-state index contributed by atoms with van der Waals surface area (Å²) in [5.41, 5.74) is 0.167. The van der Waals surface area contributed by atoms with Crippen LogP contribution in [-0.2, 0) is 10.0 Å². The number of hydrogen-bond donors (Lipinski definition) is 1. The monoisotopic (exact) mass is 355 g/mol. The maximum atomic E-state index is 13.9. The van der Waals surface area contributed by atoms with Crippen LogP contribution in [-0.4, -0.2) is 63.4 Å². The first-order valence-corrected chi connectivity index (χ1v) is 9.29. The summed E-state index contributed by atoms with van der Waals surface area (Å²) in [6.07, 6.45) is 1.36. The molecule has 0 radical (unpaired) electrons. The van der Waals surface area contributed by atoms with Crippen molar-refractivity contribution in [3.05, 3.63) is 42.2 Å². The molecule has 6 nitrogen and oxygen atoms in total. The Morgan fingerprint density at radius 3 is 2.58 bits per heavy atom. The average molecular weight is 355 g/mol. The molecule has 1 N–H and O–H groups in total. The lowest BCUT2D eigenvalue weighted by Gasteiger charge is -2.34. The van der Waals surface area contributed by atoms with E-state index in [1.807, 2.05) is 0 Å². The molecule has 8 heteroatoms. The number of likely N-dealkylation sites (N-methyl/N-ethyl adjacent to an activating group) is 1. The van der Waals surface area contributed by atoms with Gasteiger partial charge in [0.2, 0.25) is 10.0 Å². The van der Waals surface area contributed by atoms with Gasteiger partial charge in [0.1, 0.15) is 10.7 Å². The van der Waals surface area contributed by atoms with E-state index in [0.29, 0.717) is 13.1 Å². The highest BCUT2D eigenvalue weighted by Gasteiger charge is 2.24. The first kappa shape index (κ1) is 18.6.